The Morgan fingerprint density at radius 1 is 1.41 bits per heavy atom. The minimum absolute atomic E-state index is 0.0678. The highest BCUT2D eigenvalue weighted by Crippen LogP contribution is 2.26. The third kappa shape index (κ3) is 3.64. The Morgan fingerprint density at radius 3 is 2.71 bits per heavy atom. The Morgan fingerprint density at radius 2 is 2.12 bits per heavy atom. The number of phenolic OH excluding ortho intramolecular Hbond substituents is 1. The predicted molar refractivity (Wildman–Crippen MR) is 60.7 cm³/mol. The number of carbonyl (C=O) groups is 2. The van der Waals surface area contributed by atoms with Gasteiger partial charge in [0, 0.05) is 5.56 Å². The fourth-order valence-electron chi connectivity index (χ4n) is 1.12. The van der Waals surface area contributed by atoms with E-state index in [1.807, 2.05) is 0 Å². The van der Waals surface area contributed by atoms with Crippen molar-refractivity contribution >= 4 is 23.4 Å². The van der Waals surface area contributed by atoms with Gasteiger partial charge in [0.05, 0.1) is 7.11 Å². The standard InChI is InChI=1S/C11H11ClO5/c1-16-10-4-7(2-3-8(10)13)9(14)6-17-11(15)5-12/h2-4,13H,5-6H2,1H3. The number of carbonyl (C=O) groups excluding carboxylic acids is 2. The normalized spacial score (nSPS) is 9.76. The van der Waals surface area contributed by atoms with Crippen LogP contribution in [0.2, 0.25) is 0 Å². The maximum Gasteiger partial charge on any atom is 0.321 e. The van der Waals surface area contributed by atoms with E-state index in [-0.39, 0.29) is 29.5 Å². The number of aromatic hydroxyl groups is 1. The maximum absolute atomic E-state index is 11.6. The fraction of sp³-hybridized carbons (Fsp3) is 0.273. The van der Waals surface area contributed by atoms with Gasteiger partial charge in [-0.2, -0.15) is 0 Å². The summed E-state index contributed by atoms with van der Waals surface area (Å²) < 4.78 is 9.44. The van der Waals surface area contributed by atoms with Crippen LogP contribution in [0, 0.1) is 0 Å². The number of ketones is 1. The first kappa shape index (κ1) is 13.3. The number of esters is 1. The molecule has 0 amide bonds. The summed E-state index contributed by atoms with van der Waals surface area (Å²) in [4.78, 5) is 22.3. The fourth-order valence-corrected chi connectivity index (χ4v) is 1.20. The van der Waals surface area contributed by atoms with Gasteiger partial charge < -0.3 is 14.6 Å². The molecular weight excluding hydrogens is 248 g/mol. The van der Waals surface area contributed by atoms with Crippen molar-refractivity contribution in [3.05, 3.63) is 23.8 Å². The second kappa shape index (κ2) is 6.10. The molecule has 5 nitrogen and oxygen atoms in total. The molecule has 0 bridgehead atoms. The van der Waals surface area contributed by atoms with Crippen LogP contribution in [0.1, 0.15) is 10.4 Å². The summed E-state index contributed by atoms with van der Waals surface area (Å²) in [6.07, 6.45) is 0. The Kier molecular flexibility index (Phi) is 4.78. The van der Waals surface area contributed by atoms with E-state index < -0.39 is 11.8 Å². The smallest absolute Gasteiger partial charge is 0.321 e. The monoisotopic (exact) mass is 258 g/mol. The highest BCUT2D eigenvalue weighted by Gasteiger charge is 2.11. The molecule has 0 saturated heterocycles. The SMILES string of the molecule is COc1cc(C(=O)COC(=O)CCl)ccc1O. The van der Waals surface area contributed by atoms with Crippen LogP contribution in [0.5, 0.6) is 11.5 Å². The first-order chi connectivity index (χ1) is 8.08. The lowest BCUT2D eigenvalue weighted by Gasteiger charge is -2.06. The molecule has 0 fully saturated rings. The summed E-state index contributed by atoms with van der Waals surface area (Å²) in [7, 11) is 1.37. The van der Waals surface area contributed by atoms with Gasteiger partial charge in [-0.05, 0) is 18.2 Å². The van der Waals surface area contributed by atoms with Crippen molar-refractivity contribution in [1.29, 1.82) is 0 Å². The number of rotatable bonds is 5. The average molecular weight is 259 g/mol. The van der Waals surface area contributed by atoms with Gasteiger partial charge in [-0.15, -0.1) is 11.6 Å². The van der Waals surface area contributed by atoms with Crippen LogP contribution < -0.4 is 4.74 Å². The molecule has 0 aliphatic heterocycles. The Hall–Kier alpha value is -1.75. The molecule has 1 aromatic rings. The number of hydrogen-bond donors (Lipinski definition) is 1. The molecule has 0 aromatic heterocycles. The number of alkyl halides is 1. The maximum atomic E-state index is 11.6. The van der Waals surface area contributed by atoms with E-state index in [1.54, 1.807) is 0 Å². The second-order valence-corrected chi connectivity index (χ2v) is 3.37. The lowest BCUT2D eigenvalue weighted by Crippen LogP contribution is -2.14. The molecule has 0 saturated carbocycles. The minimum atomic E-state index is -0.661. The van der Waals surface area contributed by atoms with E-state index in [4.69, 9.17) is 16.3 Å². The lowest BCUT2D eigenvalue weighted by atomic mass is 10.1. The highest BCUT2D eigenvalue weighted by atomic mass is 35.5. The Bertz CT molecular complexity index is 430. The van der Waals surface area contributed by atoms with Gasteiger partial charge in [-0.1, -0.05) is 0 Å². The van der Waals surface area contributed by atoms with E-state index in [0.29, 0.717) is 0 Å². The molecule has 1 N–H and O–H groups in total. The first-order valence-electron chi connectivity index (χ1n) is 4.70. The largest absolute Gasteiger partial charge is 0.504 e. The number of halogens is 1. The van der Waals surface area contributed by atoms with Gasteiger partial charge in [0.15, 0.2) is 23.9 Å². The minimum Gasteiger partial charge on any atom is -0.504 e. The lowest BCUT2D eigenvalue weighted by molar-refractivity contribution is -0.139. The molecule has 0 unspecified atom stereocenters. The van der Waals surface area contributed by atoms with E-state index in [9.17, 15) is 14.7 Å². The summed E-state index contributed by atoms with van der Waals surface area (Å²) >= 11 is 5.21. The van der Waals surface area contributed by atoms with E-state index in [2.05, 4.69) is 4.74 Å². The van der Waals surface area contributed by atoms with Crippen LogP contribution in [0.3, 0.4) is 0 Å². The number of phenols is 1. The molecule has 0 aliphatic carbocycles. The molecule has 1 rings (SSSR count). The molecule has 0 heterocycles. The van der Waals surface area contributed by atoms with E-state index in [0.717, 1.165) is 0 Å². The molecule has 0 atom stereocenters. The van der Waals surface area contributed by atoms with Crippen molar-refractivity contribution in [3.63, 3.8) is 0 Å². The summed E-state index contributed by atoms with van der Waals surface area (Å²) in [5.74, 6) is -1.25. The second-order valence-electron chi connectivity index (χ2n) is 3.10. The summed E-state index contributed by atoms with van der Waals surface area (Å²) in [5, 5.41) is 9.33. The Labute approximate surface area is 103 Å². The summed E-state index contributed by atoms with van der Waals surface area (Å²) in [5.41, 5.74) is 0.280. The van der Waals surface area contributed by atoms with Crippen molar-refractivity contribution in [3.8, 4) is 11.5 Å². The zero-order valence-corrected chi connectivity index (χ0v) is 9.86. The summed E-state index contributed by atoms with van der Waals surface area (Å²) in [6, 6.07) is 4.11. The van der Waals surface area contributed by atoms with Crippen molar-refractivity contribution in [2.75, 3.05) is 19.6 Å². The third-order valence-electron chi connectivity index (χ3n) is 1.98. The number of Topliss-reactive ketones (excluding diaryl/α,β-unsaturated/α-hetero) is 1. The van der Waals surface area contributed by atoms with Crippen LogP contribution in [-0.2, 0) is 9.53 Å². The van der Waals surface area contributed by atoms with Crippen molar-refractivity contribution in [2.24, 2.45) is 0 Å². The third-order valence-corrected chi connectivity index (χ3v) is 2.19. The summed E-state index contributed by atoms with van der Waals surface area (Å²) in [6.45, 7) is -0.389. The quantitative estimate of drug-likeness (QED) is 0.490. The van der Waals surface area contributed by atoms with E-state index >= 15 is 0 Å². The number of ether oxygens (including phenoxy) is 2. The molecular formula is C11H11ClO5. The topological polar surface area (TPSA) is 72.8 Å². The average Bonchev–Trinajstić information content (AvgIpc) is 2.35. The molecule has 0 spiro atoms. The molecule has 0 radical (unpaired) electrons. The zero-order valence-electron chi connectivity index (χ0n) is 9.10. The Balaban J connectivity index is 2.72. The van der Waals surface area contributed by atoms with Gasteiger partial charge in [-0.25, -0.2) is 0 Å². The predicted octanol–water partition coefficient (Wildman–Crippen LogP) is 1.37. The molecule has 17 heavy (non-hydrogen) atoms. The van der Waals surface area contributed by atoms with Crippen LogP contribution in [0.15, 0.2) is 18.2 Å². The van der Waals surface area contributed by atoms with Crippen LogP contribution >= 0.6 is 11.6 Å². The zero-order chi connectivity index (χ0) is 12.8. The molecule has 92 valence electrons. The van der Waals surface area contributed by atoms with Gasteiger partial charge in [0.1, 0.15) is 5.88 Å². The van der Waals surface area contributed by atoms with Crippen LogP contribution in [0.25, 0.3) is 0 Å². The van der Waals surface area contributed by atoms with Crippen molar-refractivity contribution < 1.29 is 24.2 Å². The number of hydrogen-bond acceptors (Lipinski definition) is 5. The van der Waals surface area contributed by atoms with Gasteiger partial charge >= 0.3 is 5.97 Å². The van der Waals surface area contributed by atoms with Crippen LogP contribution in [-0.4, -0.2) is 36.5 Å². The molecule has 1 aromatic carbocycles. The molecule has 6 heteroatoms. The highest BCUT2D eigenvalue weighted by molar-refractivity contribution is 6.26. The van der Waals surface area contributed by atoms with Crippen molar-refractivity contribution in [2.45, 2.75) is 0 Å². The van der Waals surface area contributed by atoms with Gasteiger partial charge in [0.2, 0.25) is 0 Å². The van der Waals surface area contributed by atoms with E-state index in [1.165, 1.54) is 25.3 Å². The number of benzene rings is 1. The van der Waals surface area contributed by atoms with Gasteiger partial charge in [0.25, 0.3) is 0 Å². The number of methoxy groups -OCH3 is 1. The molecule has 0 aliphatic rings. The van der Waals surface area contributed by atoms with Gasteiger partial charge in [-0.3, -0.25) is 9.59 Å². The first-order valence-corrected chi connectivity index (χ1v) is 5.23. The van der Waals surface area contributed by atoms with Crippen molar-refractivity contribution in [1.82, 2.24) is 0 Å². The van der Waals surface area contributed by atoms with Crippen LogP contribution in [0.4, 0.5) is 0 Å².